The van der Waals surface area contributed by atoms with Crippen LogP contribution in [0.5, 0.6) is 0 Å². The Balaban J connectivity index is 2.14. The van der Waals surface area contributed by atoms with Gasteiger partial charge in [0.15, 0.2) is 5.09 Å². The Morgan fingerprint density at radius 2 is 1.88 bits per heavy atom. The van der Waals surface area contributed by atoms with E-state index in [2.05, 4.69) is 0 Å². The van der Waals surface area contributed by atoms with Crippen molar-refractivity contribution in [2.24, 2.45) is 0 Å². The van der Waals surface area contributed by atoms with Crippen molar-refractivity contribution in [1.82, 2.24) is 0 Å². The van der Waals surface area contributed by atoms with Crippen LogP contribution in [-0.4, -0.2) is 11.1 Å². The number of halogens is 1. The minimum Gasteiger partial charge on any atom is -0.475 e. The van der Waals surface area contributed by atoms with Gasteiger partial charge in [0, 0.05) is 9.92 Å². The SMILES string of the molecule is O=C(O)c1ccc(Sc2ccc(Cl)cc2)o1. The van der Waals surface area contributed by atoms with Crippen molar-refractivity contribution in [3.63, 3.8) is 0 Å². The van der Waals surface area contributed by atoms with Crippen molar-refractivity contribution < 1.29 is 14.3 Å². The standard InChI is InChI=1S/C11H7ClO3S/c12-7-1-3-8(4-2-7)16-10-6-5-9(15-10)11(13)14/h1-6H,(H,13,14). The van der Waals surface area contributed by atoms with Gasteiger partial charge in [-0.05, 0) is 36.4 Å². The smallest absolute Gasteiger partial charge is 0.371 e. The molecule has 3 nitrogen and oxygen atoms in total. The summed E-state index contributed by atoms with van der Waals surface area (Å²) >= 11 is 7.10. The number of carboxylic acid groups (broad SMARTS) is 1. The number of aromatic carboxylic acids is 1. The van der Waals surface area contributed by atoms with E-state index in [-0.39, 0.29) is 5.76 Å². The molecule has 0 saturated heterocycles. The first-order valence-corrected chi connectivity index (χ1v) is 5.61. The second-order valence-corrected chi connectivity index (χ2v) is 4.49. The van der Waals surface area contributed by atoms with Crippen LogP contribution in [0.15, 0.2) is 50.8 Å². The quantitative estimate of drug-likeness (QED) is 0.906. The Labute approximate surface area is 101 Å². The molecule has 0 aliphatic carbocycles. The Hall–Kier alpha value is -1.39. The molecule has 0 unspecified atom stereocenters. The Kier molecular flexibility index (Phi) is 3.22. The Morgan fingerprint density at radius 3 is 2.44 bits per heavy atom. The average Bonchev–Trinajstić information content (AvgIpc) is 2.70. The largest absolute Gasteiger partial charge is 0.475 e. The maximum Gasteiger partial charge on any atom is 0.371 e. The van der Waals surface area contributed by atoms with Gasteiger partial charge < -0.3 is 9.52 Å². The van der Waals surface area contributed by atoms with Gasteiger partial charge in [-0.3, -0.25) is 0 Å². The van der Waals surface area contributed by atoms with E-state index in [1.54, 1.807) is 18.2 Å². The van der Waals surface area contributed by atoms with Gasteiger partial charge in [-0.15, -0.1) is 0 Å². The molecule has 0 amide bonds. The molecule has 16 heavy (non-hydrogen) atoms. The molecular weight excluding hydrogens is 248 g/mol. The van der Waals surface area contributed by atoms with Crippen molar-refractivity contribution in [1.29, 1.82) is 0 Å². The lowest BCUT2D eigenvalue weighted by atomic mass is 10.4. The second-order valence-electron chi connectivity index (χ2n) is 2.98. The van der Waals surface area contributed by atoms with Crippen molar-refractivity contribution in [3.8, 4) is 0 Å². The number of hydrogen-bond acceptors (Lipinski definition) is 3. The minimum atomic E-state index is -1.07. The van der Waals surface area contributed by atoms with Crippen molar-refractivity contribution in [2.75, 3.05) is 0 Å². The lowest BCUT2D eigenvalue weighted by Gasteiger charge is -1.97. The third-order valence-corrected chi connectivity index (χ3v) is 3.00. The summed E-state index contributed by atoms with van der Waals surface area (Å²) in [7, 11) is 0. The molecule has 0 spiro atoms. The summed E-state index contributed by atoms with van der Waals surface area (Å²) in [6.07, 6.45) is 0. The molecule has 0 saturated carbocycles. The number of hydrogen-bond donors (Lipinski definition) is 1. The summed E-state index contributed by atoms with van der Waals surface area (Å²) in [5.41, 5.74) is 0. The fourth-order valence-corrected chi connectivity index (χ4v) is 2.01. The van der Waals surface area contributed by atoms with Crippen LogP contribution >= 0.6 is 23.4 Å². The van der Waals surface area contributed by atoms with Crippen LogP contribution in [0.1, 0.15) is 10.6 Å². The summed E-state index contributed by atoms with van der Waals surface area (Å²) in [5.74, 6) is -1.13. The first-order valence-electron chi connectivity index (χ1n) is 4.42. The van der Waals surface area contributed by atoms with E-state index in [0.717, 1.165) is 4.90 Å². The summed E-state index contributed by atoms with van der Waals surface area (Å²) in [6.45, 7) is 0. The maximum atomic E-state index is 10.6. The van der Waals surface area contributed by atoms with E-state index < -0.39 is 5.97 Å². The van der Waals surface area contributed by atoms with E-state index in [0.29, 0.717) is 10.1 Å². The highest BCUT2D eigenvalue weighted by atomic mass is 35.5. The highest BCUT2D eigenvalue weighted by molar-refractivity contribution is 7.99. The van der Waals surface area contributed by atoms with E-state index in [1.165, 1.54) is 17.8 Å². The first-order chi connectivity index (χ1) is 7.65. The van der Waals surface area contributed by atoms with Crippen LogP contribution in [-0.2, 0) is 0 Å². The zero-order valence-corrected chi connectivity index (χ0v) is 9.59. The molecule has 0 aliphatic rings. The zero-order chi connectivity index (χ0) is 11.5. The first kappa shape index (κ1) is 11.1. The third kappa shape index (κ3) is 2.59. The molecule has 0 bridgehead atoms. The van der Waals surface area contributed by atoms with Gasteiger partial charge in [0.05, 0.1) is 0 Å². The molecule has 1 aromatic heterocycles. The molecule has 0 aliphatic heterocycles. The predicted molar refractivity (Wildman–Crippen MR) is 61.2 cm³/mol. The van der Waals surface area contributed by atoms with E-state index >= 15 is 0 Å². The van der Waals surface area contributed by atoms with Gasteiger partial charge >= 0.3 is 5.97 Å². The van der Waals surface area contributed by atoms with E-state index in [1.807, 2.05) is 12.1 Å². The molecule has 0 fully saturated rings. The normalized spacial score (nSPS) is 10.3. The van der Waals surface area contributed by atoms with Crippen LogP contribution in [0.4, 0.5) is 0 Å². The fraction of sp³-hybridized carbons (Fsp3) is 0. The molecule has 82 valence electrons. The zero-order valence-electron chi connectivity index (χ0n) is 8.01. The topological polar surface area (TPSA) is 50.4 Å². The molecule has 2 rings (SSSR count). The molecule has 0 radical (unpaired) electrons. The highest BCUT2D eigenvalue weighted by Crippen LogP contribution is 2.29. The average molecular weight is 255 g/mol. The van der Waals surface area contributed by atoms with Gasteiger partial charge in [-0.2, -0.15) is 0 Å². The molecule has 1 aromatic carbocycles. The van der Waals surface area contributed by atoms with Crippen LogP contribution in [0.25, 0.3) is 0 Å². The lowest BCUT2D eigenvalue weighted by molar-refractivity contribution is 0.0656. The number of carbonyl (C=O) groups is 1. The molecule has 5 heteroatoms. The number of furan rings is 1. The van der Waals surface area contributed by atoms with Crippen molar-refractivity contribution >= 4 is 29.3 Å². The third-order valence-electron chi connectivity index (χ3n) is 1.82. The van der Waals surface area contributed by atoms with Crippen LogP contribution in [0.3, 0.4) is 0 Å². The summed E-state index contributed by atoms with van der Waals surface area (Å²) < 4.78 is 5.11. The molecular formula is C11H7ClO3S. The minimum absolute atomic E-state index is 0.0588. The molecule has 1 N–H and O–H groups in total. The molecule has 2 aromatic rings. The predicted octanol–water partition coefficient (Wildman–Crippen LogP) is 3.78. The van der Waals surface area contributed by atoms with E-state index in [9.17, 15) is 4.79 Å². The Bertz CT molecular complexity index is 504. The van der Waals surface area contributed by atoms with Crippen LogP contribution in [0.2, 0.25) is 5.02 Å². The molecule has 1 heterocycles. The van der Waals surface area contributed by atoms with Crippen LogP contribution in [0, 0.1) is 0 Å². The highest BCUT2D eigenvalue weighted by Gasteiger charge is 2.09. The van der Waals surface area contributed by atoms with Gasteiger partial charge in [0.1, 0.15) is 0 Å². The maximum absolute atomic E-state index is 10.6. The lowest BCUT2D eigenvalue weighted by Crippen LogP contribution is -1.91. The van der Waals surface area contributed by atoms with Gasteiger partial charge in [-0.25, -0.2) is 4.79 Å². The number of rotatable bonds is 3. The van der Waals surface area contributed by atoms with Gasteiger partial charge in [-0.1, -0.05) is 23.4 Å². The van der Waals surface area contributed by atoms with Crippen molar-refractivity contribution in [2.45, 2.75) is 9.99 Å². The summed E-state index contributed by atoms with van der Waals surface area (Å²) in [6, 6.07) is 10.3. The number of carboxylic acids is 1. The summed E-state index contributed by atoms with van der Waals surface area (Å²) in [5, 5.41) is 9.88. The second kappa shape index (κ2) is 4.63. The van der Waals surface area contributed by atoms with Gasteiger partial charge in [0.2, 0.25) is 5.76 Å². The number of benzene rings is 1. The van der Waals surface area contributed by atoms with Crippen molar-refractivity contribution in [3.05, 3.63) is 47.2 Å². The Morgan fingerprint density at radius 1 is 1.19 bits per heavy atom. The summed E-state index contributed by atoms with van der Waals surface area (Å²) in [4.78, 5) is 11.5. The monoisotopic (exact) mass is 254 g/mol. The molecule has 0 atom stereocenters. The van der Waals surface area contributed by atoms with Crippen LogP contribution < -0.4 is 0 Å². The van der Waals surface area contributed by atoms with E-state index in [4.69, 9.17) is 21.1 Å². The fourth-order valence-electron chi connectivity index (χ4n) is 1.11. The van der Waals surface area contributed by atoms with Gasteiger partial charge in [0.25, 0.3) is 0 Å².